The fourth-order valence-electron chi connectivity index (χ4n) is 2.74. The molecular formula is C17H28N4O. The van der Waals surface area contributed by atoms with Gasteiger partial charge in [-0.25, -0.2) is 9.97 Å². The lowest BCUT2D eigenvalue weighted by Gasteiger charge is -2.31. The number of aromatic nitrogens is 2. The summed E-state index contributed by atoms with van der Waals surface area (Å²) in [6.07, 6.45) is 5.67. The molecule has 1 fully saturated rings. The molecule has 0 radical (unpaired) electrons. The molecule has 1 amide bonds. The minimum atomic E-state index is -0.0896. The number of anilines is 1. The SMILES string of the molecule is CCCCCNC(=O)c1cc(N2CCC(C)CC2)nc(C)n1. The average Bonchev–Trinajstić information content (AvgIpc) is 2.51. The number of carbonyl (C=O) groups excluding carboxylic acids is 1. The molecule has 22 heavy (non-hydrogen) atoms. The Bertz CT molecular complexity index is 495. The van der Waals surface area contributed by atoms with E-state index in [0.29, 0.717) is 18.1 Å². The van der Waals surface area contributed by atoms with Gasteiger partial charge in [-0.2, -0.15) is 0 Å². The van der Waals surface area contributed by atoms with Crippen LogP contribution in [0.5, 0.6) is 0 Å². The van der Waals surface area contributed by atoms with E-state index in [1.165, 1.54) is 12.8 Å². The maximum absolute atomic E-state index is 12.2. The number of nitrogens with one attached hydrogen (secondary N) is 1. The number of aryl methyl sites for hydroxylation is 1. The number of unbranched alkanes of at least 4 members (excludes halogenated alkanes) is 2. The van der Waals surface area contributed by atoms with Crippen LogP contribution in [0.3, 0.4) is 0 Å². The van der Waals surface area contributed by atoms with E-state index in [9.17, 15) is 4.79 Å². The second kappa shape index (κ2) is 8.11. The van der Waals surface area contributed by atoms with Crippen molar-refractivity contribution in [3.63, 3.8) is 0 Å². The molecule has 0 atom stereocenters. The Morgan fingerprint density at radius 3 is 2.73 bits per heavy atom. The maximum Gasteiger partial charge on any atom is 0.270 e. The van der Waals surface area contributed by atoms with Crippen molar-refractivity contribution < 1.29 is 4.79 Å². The molecule has 1 aliphatic rings. The number of hydrogen-bond donors (Lipinski definition) is 1. The van der Waals surface area contributed by atoms with Crippen LogP contribution >= 0.6 is 0 Å². The van der Waals surface area contributed by atoms with Crippen LogP contribution in [0.4, 0.5) is 5.82 Å². The lowest BCUT2D eigenvalue weighted by molar-refractivity contribution is 0.0947. The van der Waals surface area contributed by atoms with Crippen molar-refractivity contribution in [3.05, 3.63) is 17.6 Å². The lowest BCUT2D eigenvalue weighted by atomic mass is 9.99. The number of hydrogen-bond acceptors (Lipinski definition) is 4. The quantitative estimate of drug-likeness (QED) is 0.821. The van der Waals surface area contributed by atoms with E-state index in [-0.39, 0.29) is 5.91 Å². The van der Waals surface area contributed by atoms with Crippen molar-refractivity contribution in [1.29, 1.82) is 0 Å². The molecule has 2 heterocycles. The molecule has 5 heteroatoms. The van der Waals surface area contributed by atoms with Gasteiger partial charge < -0.3 is 10.2 Å². The zero-order valence-corrected chi connectivity index (χ0v) is 14.1. The van der Waals surface area contributed by atoms with Crippen molar-refractivity contribution >= 4 is 11.7 Å². The van der Waals surface area contributed by atoms with Gasteiger partial charge in [0, 0.05) is 25.7 Å². The standard InChI is InChI=1S/C17H28N4O/c1-4-5-6-9-18-17(22)15-12-16(20-14(3)19-15)21-10-7-13(2)8-11-21/h12-13H,4-11H2,1-3H3,(H,18,22). The molecule has 5 nitrogen and oxygen atoms in total. The summed E-state index contributed by atoms with van der Waals surface area (Å²) in [6.45, 7) is 9.03. The Hall–Kier alpha value is -1.65. The first-order chi connectivity index (χ1) is 10.6. The van der Waals surface area contributed by atoms with Gasteiger partial charge in [0.2, 0.25) is 0 Å². The molecule has 0 aromatic carbocycles. The predicted octanol–water partition coefficient (Wildman–Crippen LogP) is 2.94. The third kappa shape index (κ3) is 4.68. The maximum atomic E-state index is 12.2. The van der Waals surface area contributed by atoms with Gasteiger partial charge in [0.15, 0.2) is 0 Å². The number of carbonyl (C=O) groups is 1. The smallest absolute Gasteiger partial charge is 0.270 e. The molecule has 0 unspecified atom stereocenters. The van der Waals surface area contributed by atoms with Crippen molar-refractivity contribution in [2.75, 3.05) is 24.5 Å². The second-order valence-corrected chi connectivity index (χ2v) is 6.29. The monoisotopic (exact) mass is 304 g/mol. The topological polar surface area (TPSA) is 58.1 Å². The Labute approximate surface area is 133 Å². The van der Waals surface area contributed by atoms with E-state index in [1.54, 1.807) is 0 Å². The summed E-state index contributed by atoms with van der Waals surface area (Å²) in [5.41, 5.74) is 0.484. The van der Waals surface area contributed by atoms with Crippen LogP contribution in [-0.2, 0) is 0 Å². The van der Waals surface area contributed by atoms with Crippen LogP contribution in [0.15, 0.2) is 6.07 Å². The van der Waals surface area contributed by atoms with E-state index in [1.807, 2.05) is 13.0 Å². The van der Waals surface area contributed by atoms with E-state index in [2.05, 4.69) is 34.0 Å². The second-order valence-electron chi connectivity index (χ2n) is 6.29. The van der Waals surface area contributed by atoms with Crippen LogP contribution in [0.2, 0.25) is 0 Å². The zero-order chi connectivity index (χ0) is 15.9. The summed E-state index contributed by atoms with van der Waals surface area (Å²) >= 11 is 0. The van der Waals surface area contributed by atoms with Crippen LogP contribution in [0.25, 0.3) is 0 Å². The number of rotatable bonds is 6. The molecule has 1 aromatic rings. The molecule has 0 aliphatic carbocycles. The number of piperidine rings is 1. The molecule has 1 N–H and O–H groups in total. The van der Waals surface area contributed by atoms with Crippen LogP contribution < -0.4 is 10.2 Å². The van der Waals surface area contributed by atoms with Crippen LogP contribution in [-0.4, -0.2) is 35.5 Å². The Morgan fingerprint density at radius 1 is 1.32 bits per heavy atom. The highest BCUT2D eigenvalue weighted by Gasteiger charge is 2.19. The molecular weight excluding hydrogens is 276 g/mol. The first-order valence-electron chi connectivity index (χ1n) is 8.49. The summed E-state index contributed by atoms with van der Waals surface area (Å²) in [5, 5.41) is 2.95. The third-order valence-electron chi connectivity index (χ3n) is 4.23. The van der Waals surface area contributed by atoms with Gasteiger partial charge in [-0.15, -0.1) is 0 Å². The highest BCUT2D eigenvalue weighted by atomic mass is 16.1. The van der Waals surface area contributed by atoms with Crippen molar-refractivity contribution in [2.24, 2.45) is 5.92 Å². The van der Waals surface area contributed by atoms with Gasteiger partial charge >= 0.3 is 0 Å². The number of amides is 1. The molecule has 1 saturated heterocycles. The molecule has 1 aliphatic heterocycles. The fourth-order valence-corrected chi connectivity index (χ4v) is 2.74. The summed E-state index contributed by atoms with van der Waals surface area (Å²) in [5.74, 6) is 2.24. The lowest BCUT2D eigenvalue weighted by Crippen LogP contribution is -2.34. The first kappa shape index (κ1) is 16.7. The first-order valence-corrected chi connectivity index (χ1v) is 8.49. The highest BCUT2D eigenvalue weighted by molar-refractivity contribution is 5.92. The molecule has 0 spiro atoms. The highest BCUT2D eigenvalue weighted by Crippen LogP contribution is 2.21. The van der Waals surface area contributed by atoms with Crippen molar-refractivity contribution in [3.8, 4) is 0 Å². The fraction of sp³-hybridized carbons (Fsp3) is 0.706. The van der Waals surface area contributed by atoms with E-state index >= 15 is 0 Å². The van der Waals surface area contributed by atoms with Gasteiger partial charge in [-0.3, -0.25) is 4.79 Å². The zero-order valence-electron chi connectivity index (χ0n) is 14.1. The average molecular weight is 304 g/mol. The summed E-state index contributed by atoms with van der Waals surface area (Å²) in [4.78, 5) is 23.3. The van der Waals surface area contributed by atoms with Gasteiger partial charge in [0.05, 0.1) is 0 Å². The van der Waals surface area contributed by atoms with Gasteiger partial charge in [-0.1, -0.05) is 26.7 Å². The molecule has 122 valence electrons. The predicted molar refractivity (Wildman–Crippen MR) is 89.2 cm³/mol. The van der Waals surface area contributed by atoms with Crippen molar-refractivity contribution in [2.45, 2.75) is 52.9 Å². The summed E-state index contributed by atoms with van der Waals surface area (Å²) in [6, 6.07) is 1.83. The number of nitrogens with zero attached hydrogens (tertiary/aromatic N) is 3. The van der Waals surface area contributed by atoms with E-state index < -0.39 is 0 Å². The minimum absolute atomic E-state index is 0.0896. The van der Waals surface area contributed by atoms with Gasteiger partial charge in [0.1, 0.15) is 17.3 Å². The van der Waals surface area contributed by atoms with E-state index in [4.69, 9.17) is 0 Å². The molecule has 1 aromatic heterocycles. The molecule has 2 rings (SSSR count). The third-order valence-corrected chi connectivity index (χ3v) is 4.23. The van der Waals surface area contributed by atoms with Crippen LogP contribution in [0, 0.1) is 12.8 Å². The molecule has 0 bridgehead atoms. The van der Waals surface area contributed by atoms with Crippen molar-refractivity contribution in [1.82, 2.24) is 15.3 Å². The summed E-state index contributed by atoms with van der Waals surface area (Å²) < 4.78 is 0. The molecule has 0 saturated carbocycles. The Balaban J connectivity index is 2.01. The largest absolute Gasteiger partial charge is 0.356 e. The minimum Gasteiger partial charge on any atom is -0.356 e. The van der Waals surface area contributed by atoms with Gasteiger partial charge in [0.25, 0.3) is 5.91 Å². The van der Waals surface area contributed by atoms with Gasteiger partial charge in [-0.05, 0) is 32.1 Å². The van der Waals surface area contributed by atoms with E-state index in [0.717, 1.165) is 44.1 Å². The Morgan fingerprint density at radius 2 is 2.05 bits per heavy atom. The Kier molecular flexibility index (Phi) is 6.16. The normalized spacial score (nSPS) is 15.9. The summed E-state index contributed by atoms with van der Waals surface area (Å²) in [7, 11) is 0. The van der Waals surface area contributed by atoms with Crippen LogP contribution in [0.1, 0.15) is 62.3 Å².